The summed E-state index contributed by atoms with van der Waals surface area (Å²) in [7, 11) is 0. The van der Waals surface area contributed by atoms with Gasteiger partial charge in [0, 0.05) is 0 Å². The Morgan fingerprint density at radius 1 is 1.36 bits per heavy atom. The van der Waals surface area contributed by atoms with Crippen LogP contribution in [0.1, 0.15) is 27.2 Å². The van der Waals surface area contributed by atoms with E-state index in [1.54, 1.807) is 13.3 Å². The second-order valence-corrected chi connectivity index (χ2v) is 2.44. The summed E-state index contributed by atoms with van der Waals surface area (Å²) in [5.74, 6) is 0.789. The summed E-state index contributed by atoms with van der Waals surface area (Å²) < 4.78 is 0. The van der Waals surface area contributed by atoms with Crippen LogP contribution in [-0.4, -0.2) is 5.78 Å². The van der Waals surface area contributed by atoms with Gasteiger partial charge in [0.15, 0.2) is 0 Å². The molecule has 0 bridgehead atoms. The number of rotatable bonds is 3. The molecular weight excluding hydrogens is 277 g/mol. The van der Waals surface area contributed by atoms with Crippen molar-refractivity contribution in [2.75, 3.05) is 0 Å². The first-order chi connectivity index (χ1) is 3.63. The average Bonchev–Trinajstić information content (AvgIpc) is 1.61. The average molecular weight is 291 g/mol. The van der Waals surface area contributed by atoms with Gasteiger partial charge in [-0.05, 0) is 12.7 Å². The molecule has 0 radical (unpaired) electrons. The predicted molar refractivity (Wildman–Crippen MR) is 34.4 cm³/mol. The van der Waals surface area contributed by atoms with Gasteiger partial charge in [-0.3, -0.25) is 0 Å². The molecule has 0 heterocycles. The summed E-state index contributed by atoms with van der Waals surface area (Å²) in [6.45, 7) is 5.78. The van der Waals surface area contributed by atoms with Gasteiger partial charge in [0.05, 0.1) is 0 Å². The molecule has 72 valence electrons. The maximum Gasteiger partial charge on any atom is 2.00 e. The topological polar surface area (TPSA) is 17.1 Å². The summed E-state index contributed by atoms with van der Waals surface area (Å²) >= 11 is 0. The Morgan fingerprint density at radius 3 is 1.82 bits per heavy atom. The van der Waals surface area contributed by atoms with Crippen molar-refractivity contribution in [1.82, 2.24) is 0 Å². The summed E-state index contributed by atoms with van der Waals surface area (Å²) in [4.78, 5) is 10.3. The Hall–Kier alpha value is 0.782. The zero-order valence-electron chi connectivity index (χ0n) is 6.84. The van der Waals surface area contributed by atoms with Crippen LogP contribution in [0.5, 0.6) is 0 Å². The minimum atomic E-state index is 0. The van der Waals surface area contributed by atoms with Gasteiger partial charge in [-0.2, -0.15) is 6.42 Å². The van der Waals surface area contributed by atoms with Gasteiger partial charge in [-0.15, -0.1) is 0 Å². The molecule has 0 saturated heterocycles. The monoisotopic (exact) mass is 289 g/mol. The molecule has 0 unspecified atom stereocenters. The third-order valence-electron chi connectivity index (χ3n) is 0.877. The van der Waals surface area contributed by atoms with Crippen LogP contribution >= 0.6 is 0 Å². The quantitative estimate of drug-likeness (QED) is 0.381. The number of Topliss-reactive ketones (excluding diaryl/α,β-unsaturated/α-hetero) is 1. The van der Waals surface area contributed by atoms with E-state index in [-0.39, 0.29) is 51.0 Å². The fraction of sp³-hybridized carbons (Fsp3) is 0.714. The number of carbonyl (C=O) groups excluding carboxylic acids is 1. The fourth-order valence-electron chi connectivity index (χ4n) is 0.402. The van der Waals surface area contributed by atoms with E-state index in [2.05, 4.69) is 13.8 Å². The third-order valence-corrected chi connectivity index (χ3v) is 0.877. The number of hydrogen-bond acceptors (Lipinski definition) is 1. The fourth-order valence-corrected chi connectivity index (χ4v) is 0.402. The number of carbonyl (C=O) groups is 1. The van der Waals surface area contributed by atoms with Crippen molar-refractivity contribution in [3.8, 4) is 0 Å². The Bertz CT molecular complexity index is 86.5. The molecule has 0 aromatic heterocycles. The minimum Gasteiger partial charge on any atom is -1.00 e. The van der Waals surface area contributed by atoms with Crippen LogP contribution in [0.2, 0.25) is 0 Å². The molecule has 0 aromatic carbocycles. The van der Waals surface area contributed by atoms with Crippen LogP contribution in [0.15, 0.2) is 0 Å². The van der Waals surface area contributed by atoms with Crippen LogP contribution in [0, 0.1) is 12.3 Å². The maximum absolute atomic E-state index is 10.3. The largest absolute Gasteiger partial charge is 2.00 e. The smallest absolute Gasteiger partial charge is 1.00 e. The van der Waals surface area contributed by atoms with Gasteiger partial charge in [0.25, 0.3) is 0 Å². The van der Waals surface area contributed by atoms with E-state index in [4.69, 9.17) is 0 Å². The molecule has 0 N–H and O–H groups in total. The Kier molecular flexibility index (Phi) is 27.5. The van der Waals surface area contributed by atoms with Gasteiger partial charge in [0.2, 0.25) is 0 Å². The summed E-state index contributed by atoms with van der Waals surface area (Å²) in [5, 5.41) is 0. The molecule has 0 fully saturated rings. The number of ketones is 1. The van der Waals surface area contributed by atoms with Gasteiger partial charge >= 0.3 is 20.4 Å². The maximum atomic E-state index is 10.3. The van der Waals surface area contributed by atoms with Crippen LogP contribution in [0.4, 0.5) is 0 Å². The Morgan fingerprint density at radius 2 is 1.73 bits per heavy atom. The first kappa shape index (κ1) is 22.6. The minimum absolute atomic E-state index is 0. The molecule has 0 rings (SSSR count). The van der Waals surface area contributed by atoms with Crippen LogP contribution < -0.4 is 24.8 Å². The van der Waals surface area contributed by atoms with Gasteiger partial charge in [-0.1, -0.05) is 19.8 Å². The number of hydrogen-bond donors (Lipinski definition) is 0. The molecule has 0 aliphatic rings. The SMILES string of the molecule is CC(=O)[CH-]CC(C)C.[Cl-].[Cl-].[Pd+2]. The van der Waals surface area contributed by atoms with Crippen molar-refractivity contribution in [3.63, 3.8) is 0 Å². The van der Waals surface area contributed by atoms with Gasteiger partial charge < -0.3 is 36.0 Å². The summed E-state index contributed by atoms with van der Waals surface area (Å²) in [6, 6.07) is 0. The van der Waals surface area contributed by atoms with E-state index in [9.17, 15) is 4.79 Å². The van der Waals surface area contributed by atoms with E-state index >= 15 is 0 Å². The van der Waals surface area contributed by atoms with Crippen LogP contribution in [0.3, 0.4) is 0 Å². The first-order valence-corrected chi connectivity index (χ1v) is 2.96. The first-order valence-electron chi connectivity index (χ1n) is 2.96. The molecule has 0 saturated carbocycles. The van der Waals surface area contributed by atoms with Crippen molar-refractivity contribution >= 4 is 5.78 Å². The molecule has 0 aliphatic heterocycles. The second kappa shape index (κ2) is 13.4. The standard InChI is InChI=1S/C7H13O.2ClH.Pd/c1-6(2)4-5-7(3)8;;;/h5-6H,4H2,1-3H3;2*1H;/q-1;;;+2/p-2. The van der Waals surface area contributed by atoms with Crippen molar-refractivity contribution in [2.24, 2.45) is 5.92 Å². The van der Waals surface area contributed by atoms with E-state index in [1.165, 1.54) is 0 Å². The Labute approximate surface area is 95.2 Å². The van der Waals surface area contributed by atoms with E-state index in [1.807, 2.05) is 0 Å². The summed E-state index contributed by atoms with van der Waals surface area (Å²) in [5.41, 5.74) is 0. The van der Waals surface area contributed by atoms with Crippen molar-refractivity contribution in [2.45, 2.75) is 27.2 Å². The van der Waals surface area contributed by atoms with E-state index < -0.39 is 0 Å². The predicted octanol–water partition coefficient (Wildman–Crippen LogP) is -4.17. The molecule has 0 amide bonds. The van der Waals surface area contributed by atoms with Crippen molar-refractivity contribution < 1.29 is 50.0 Å². The van der Waals surface area contributed by atoms with Crippen molar-refractivity contribution in [3.05, 3.63) is 6.42 Å². The molecule has 0 aliphatic carbocycles. The zero-order chi connectivity index (χ0) is 6.57. The molecular formula is C7H13Cl2OPd-. The molecule has 0 aromatic rings. The number of halogens is 2. The van der Waals surface area contributed by atoms with Crippen LogP contribution in [-0.2, 0) is 25.2 Å². The Balaban J connectivity index is -0.0000000817. The second-order valence-electron chi connectivity index (χ2n) is 2.44. The van der Waals surface area contributed by atoms with Gasteiger partial charge in [0.1, 0.15) is 0 Å². The molecule has 11 heavy (non-hydrogen) atoms. The molecule has 0 atom stereocenters. The molecule has 1 nitrogen and oxygen atoms in total. The van der Waals surface area contributed by atoms with Gasteiger partial charge in [-0.25, -0.2) is 0 Å². The normalized spacial score (nSPS) is 6.91. The van der Waals surface area contributed by atoms with Crippen LogP contribution in [0.25, 0.3) is 0 Å². The zero-order valence-corrected chi connectivity index (χ0v) is 9.91. The third kappa shape index (κ3) is 24.9. The van der Waals surface area contributed by atoms with E-state index in [0.717, 1.165) is 6.42 Å². The summed E-state index contributed by atoms with van der Waals surface area (Å²) in [6.07, 6.45) is 2.64. The molecule has 4 heteroatoms. The molecule has 0 spiro atoms. The van der Waals surface area contributed by atoms with Crippen molar-refractivity contribution in [1.29, 1.82) is 0 Å². The van der Waals surface area contributed by atoms with E-state index in [0.29, 0.717) is 5.92 Å².